The molecular weight excluding hydrogens is 442 g/mol. The van der Waals surface area contributed by atoms with Crippen LogP contribution in [0.1, 0.15) is 47.4 Å². The van der Waals surface area contributed by atoms with Gasteiger partial charge < -0.3 is 20.3 Å². The molecule has 0 spiro atoms. The maximum absolute atomic E-state index is 12.4. The number of benzene rings is 1. The first kappa shape index (κ1) is 23.0. The predicted molar refractivity (Wildman–Crippen MR) is 117 cm³/mol. The molecule has 1 fully saturated rings. The highest BCUT2D eigenvalue weighted by atomic mass is 35.5. The van der Waals surface area contributed by atoms with Crippen LogP contribution in [-0.2, 0) is 9.53 Å². The monoisotopic (exact) mass is 465 g/mol. The van der Waals surface area contributed by atoms with Crippen molar-refractivity contribution in [1.29, 1.82) is 0 Å². The molecule has 1 atom stereocenters. The lowest BCUT2D eigenvalue weighted by Crippen LogP contribution is -2.49. The fourth-order valence-corrected chi connectivity index (χ4v) is 4.27. The Bertz CT molecular complexity index is 945. The van der Waals surface area contributed by atoms with Gasteiger partial charge in [-0.1, -0.05) is 29.0 Å². The number of hydrogen-bond donors (Lipinski definition) is 2. The number of nitrogens with one attached hydrogen (secondary N) is 2. The van der Waals surface area contributed by atoms with Gasteiger partial charge in [-0.25, -0.2) is 9.59 Å². The number of esters is 1. The van der Waals surface area contributed by atoms with Gasteiger partial charge in [-0.2, -0.15) is 0 Å². The molecule has 1 aromatic carbocycles. The van der Waals surface area contributed by atoms with Gasteiger partial charge in [-0.15, -0.1) is 10.2 Å². The quantitative estimate of drug-likeness (QED) is 0.633. The van der Waals surface area contributed by atoms with Gasteiger partial charge in [-0.3, -0.25) is 4.79 Å². The molecule has 1 aromatic heterocycles. The van der Waals surface area contributed by atoms with E-state index in [0.717, 1.165) is 5.01 Å². The van der Waals surface area contributed by atoms with Crippen LogP contribution in [0.5, 0.6) is 0 Å². The number of rotatable bonds is 6. The summed E-state index contributed by atoms with van der Waals surface area (Å²) >= 11 is 7.19. The standard InChI is InChI=1S/C20H24ClN5O4S/c1-3-30-19(28)12(2)22-20(29)26-9-7-13(8-10-26)17-24-25-18(31-17)16(27)23-15-6-4-5-14(21)11-15/h4-6,11-13H,3,7-10H2,1-2H3,(H,22,29)(H,23,27)/t12-/m1/s1. The number of nitrogens with zero attached hydrogens (tertiary/aromatic N) is 3. The van der Waals surface area contributed by atoms with Crippen molar-refractivity contribution in [1.82, 2.24) is 20.4 Å². The van der Waals surface area contributed by atoms with Crippen LogP contribution in [0.2, 0.25) is 5.02 Å². The maximum atomic E-state index is 12.4. The molecule has 1 saturated heterocycles. The van der Waals surface area contributed by atoms with Gasteiger partial charge in [0.1, 0.15) is 11.0 Å². The van der Waals surface area contributed by atoms with E-state index in [2.05, 4.69) is 20.8 Å². The zero-order valence-corrected chi connectivity index (χ0v) is 18.8. The van der Waals surface area contributed by atoms with Gasteiger partial charge in [0.2, 0.25) is 5.01 Å². The second-order valence-corrected chi connectivity index (χ2v) is 8.54. The molecule has 166 valence electrons. The SMILES string of the molecule is CCOC(=O)[C@@H](C)NC(=O)N1CCC(c2nnc(C(=O)Nc3cccc(Cl)c3)s2)CC1. The van der Waals surface area contributed by atoms with Crippen molar-refractivity contribution in [3.05, 3.63) is 39.3 Å². The first-order chi connectivity index (χ1) is 14.9. The summed E-state index contributed by atoms with van der Waals surface area (Å²) in [6.07, 6.45) is 1.40. The van der Waals surface area contributed by atoms with Crippen LogP contribution in [-0.4, -0.2) is 58.7 Å². The van der Waals surface area contributed by atoms with Gasteiger partial charge in [0.25, 0.3) is 5.91 Å². The van der Waals surface area contributed by atoms with Crippen LogP contribution in [0.3, 0.4) is 0 Å². The smallest absolute Gasteiger partial charge is 0.328 e. The third kappa shape index (κ3) is 6.14. The van der Waals surface area contributed by atoms with Crippen molar-refractivity contribution < 1.29 is 19.1 Å². The summed E-state index contributed by atoms with van der Waals surface area (Å²) in [4.78, 5) is 38.1. The van der Waals surface area contributed by atoms with E-state index in [1.54, 1.807) is 43.0 Å². The molecule has 2 aromatic rings. The minimum absolute atomic E-state index is 0.122. The van der Waals surface area contributed by atoms with Crippen LogP contribution < -0.4 is 10.6 Å². The molecule has 3 amide bonds. The van der Waals surface area contributed by atoms with E-state index in [1.807, 2.05) is 0 Å². The van der Waals surface area contributed by atoms with Gasteiger partial charge in [0, 0.05) is 29.7 Å². The summed E-state index contributed by atoms with van der Waals surface area (Å²) in [6.45, 7) is 4.63. The Labute approximate surface area is 189 Å². The predicted octanol–water partition coefficient (Wildman–Crippen LogP) is 3.28. The molecule has 31 heavy (non-hydrogen) atoms. The van der Waals surface area contributed by atoms with E-state index in [-0.39, 0.29) is 29.5 Å². The third-order valence-electron chi connectivity index (χ3n) is 4.83. The summed E-state index contributed by atoms with van der Waals surface area (Å²) in [6, 6.07) is 5.89. The van der Waals surface area contributed by atoms with Crippen LogP contribution in [0.4, 0.5) is 10.5 Å². The lowest BCUT2D eigenvalue weighted by Gasteiger charge is -2.31. The molecule has 0 unspecified atom stereocenters. The number of hydrogen-bond acceptors (Lipinski definition) is 7. The van der Waals surface area contributed by atoms with Gasteiger partial charge in [0.05, 0.1) is 6.61 Å². The largest absolute Gasteiger partial charge is 0.464 e. The number of carbonyl (C=O) groups is 3. The fourth-order valence-electron chi connectivity index (χ4n) is 3.17. The number of carbonyl (C=O) groups excluding carboxylic acids is 3. The van der Waals surface area contributed by atoms with Crippen molar-refractivity contribution in [2.24, 2.45) is 0 Å². The van der Waals surface area contributed by atoms with Crippen LogP contribution in [0.25, 0.3) is 0 Å². The molecule has 1 aliphatic rings. The normalized spacial score (nSPS) is 15.3. The number of aromatic nitrogens is 2. The second kappa shape index (κ2) is 10.5. The molecule has 0 bridgehead atoms. The van der Waals surface area contributed by atoms with Gasteiger partial charge in [0.15, 0.2) is 0 Å². The van der Waals surface area contributed by atoms with Crippen molar-refractivity contribution in [3.8, 4) is 0 Å². The summed E-state index contributed by atoms with van der Waals surface area (Å²) in [7, 11) is 0. The molecular formula is C20H24ClN5O4S. The molecule has 2 N–H and O–H groups in total. The molecule has 9 nitrogen and oxygen atoms in total. The van der Waals surface area contributed by atoms with Crippen molar-refractivity contribution in [2.45, 2.75) is 38.6 Å². The van der Waals surface area contributed by atoms with Crippen LogP contribution in [0.15, 0.2) is 24.3 Å². The van der Waals surface area contributed by atoms with E-state index in [0.29, 0.717) is 36.6 Å². The number of urea groups is 1. The molecule has 3 rings (SSSR count). The zero-order chi connectivity index (χ0) is 22.4. The first-order valence-electron chi connectivity index (χ1n) is 9.99. The second-order valence-electron chi connectivity index (χ2n) is 7.09. The number of piperidine rings is 1. The fraction of sp³-hybridized carbons (Fsp3) is 0.450. The summed E-state index contributed by atoms with van der Waals surface area (Å²) in [5.41, 5.74) is 0.589. The van der Waals surface area contributed by atoms with Crippen molar-refractivity contribution >= 4 is 46.5 Å². The van der Waals surface area contributed by atoms with Gasteiger partial charge in [-0.05, 0) is 44.9 Å². The number of amides is 3. The molecule has 0 radical (unpaired) electrons. The van der Waals surface area contributed by atoms with Crippen molar-refractivity contribution in [2.75, 3.05) is 25.0 Å². The molecule has 0 aliphatic carbocycles. The topological polar surface area (TPSA) is 114 Å². The lowest BCUT2D eigenvalue weighted by molar-refractivity contribution is -0.144. The Morgan fingerprint density at radius 2 is 2.03 bits per heavy atom. The molecule has 1 aliphatic heterocycles. The number of anilines is 1. The molecule has 0 saturated carbocycles. The van der Waals surface area contributed by atoms with Crippen LogP contribution >= 0.6 is 22.9 Å². The maximum Gasteiger partial charge on any atom is 0.328 e. The van der Waals surface area contributed by atoms with E-state index in [4.69, 9.17) is 16.3 Å². The third-order valence-corrected chi connectivity index (χ3v) is 6.15. The Kier molecular flexibility index (Phi) is 7.80. The minimum Gasteiger partial charge on any atom is -0.464 e. The number of halogens is 1. The summed E-state index contributed by atoms with van der Waals surface area (Å²) in [5.74, 6) is -0.671. The molecule has 11 heteroatoms. The van der Waals surface area contributed by atoms with E-state index >= 15 is 0 Å². The molecule has 2 heterocycles. The van der Waals surface area contributed by atoms with E-state index in [9.17, 15) is 14.4 Å². The average Bonchev–Trinajstić information content (AvgIpc) is 3.24. The van der Waals surface area contributed by atoms with E-state index in [1.165, 1.54) is 11.3 Å². The Morgan fingerprint density at radius 1 is 1.29 bits per heavy atom. The van der Waals surface area contributed by atoms with Crippen molar-refractivity contribution in [3.63, 3.8) is 0 Å². The summed E-state index contributed by atoms with van der Waals surface area (Å²) in [5, 5.41) is 15.2. The Morgan fingerprint density at radius 3 is 2.71 bits per heavy atom. The first-order valence-corrected chi connectivity index (χ1v) is 11.2. The highest BCUT2D eigenvalue weighted by Gasteiger charge is 2.28. The zero-order valence-electron chi connectivity index (χ0n) is 17.3. The highest BCUT2D eigenvalue weighted by molar-refractivity contribution is 7.13. The Balaban J connectivity index is 1.51. The summed E-state index contributed by atoms with van der Waals surface area (Å²) < 4.78 is 4.91. The van der Waals surface area contributed by atoms with E-state index < -0.39 is 12.0 Å². The minimum atomic E-state index is -0.700. The number of ether oxygens (including phenoxy) is 1. The van der Waals surface area contributed by atoms with Gasteiger partial charge >= 0.3 is 12.0 Å². The average molecular weight is 466 g/mol. The van der Waals surface area contributed by atoms with Crippen LogP contribution in [0, 0.1) is 0 Å². The Hall–Kier alpha value is -2.72. The number of likely N-dealkylation sites (tertiary alicyclic amines) is 1. The lowest BCUT2D eigenvalue weighted by atomic mass is 9.98. The highest BCUT2D eigenvalue weighted by Crippen LogP contribution is 2.30.